The van der Waals surface area contributed by atoms with Gasteiger partial charge in [-0.05, 0) is 24.3 Å². The molecule has 0 atom stereocenters. The van der Waals surface area contributed by atoms with Gasteiger partial charge in [0.15, 0.2) is 5.70 Å². The van der Waals surface area contributed by atoms with E-state index in [-0.39, 0.29) is 39.4 Å². The molecule has 0 spiro atoms. The summed E-state index contributed by atoms with van der Waals surface area (Å²) in [6.45, 7) is 0. The van der Waals surface area contributed by atoms with E-state index in [9.17, 15) is 25.1 Å². The molecule has 0 amide bonds. The van der Waals surface area contributed by atoms with E-state index in [4.69, 9.17) is 16.3 Å². The van der Waals surface area contributed by atoms with Crippen molar-refractivity contribution in [2.24, 2.45) is 4.99 Å². The zero-order chi connectivity index (χ0) is 20.0. The van der Waals surface area contributed by atoms with Crippen LogP contribution in [-0.2, 0) is 9.53 Å². The first-order chi connectivity index (χ1) is 13.3. The Morgan fingerprint density at radius 2 is 2.00 bits per heavy atom. The number of non-ortho nitro benzene ring substituents is 1. The van der Waals surface area contributed by atoms with Crippen LogP contribution in [0.5, 0.6) is 11.5 Å². The molecular weight excluding hydrogens is 408 g/mol. The summed E-state index contributed by atoms with van der Waals surface area (Å²) in [6, 6.07) is 8.16. The number of esters is 1. The van der Waals surface area contributed by atoms with Gasteiger partial charge >= 0.3 is 5.97 Å². The molecule has 2 N–H and O–H groups in total. The SMILES string of the molecule is O=C1OC(c2sc3cc([N+](=O)[O-])ccc3c2Cl)=N/C1=C/c1ccc(O)cc1O. The molecule has 0 fully saturated rings. The van der Waals surface area contributed by atoms with Gasteiger partial charge in [0.1, 0.15) is 16.4 Å². The van der Waals surface area contributed by atoms with Crippen LogP contribution in [0.2, 0.25) is 5.02 Å². The fourth-order valence-corrected chi connectivity index (χ4v) is 4.08. The van der Waals surface area contributed by atoms with Gasteiger partial charge in [-0.3, -0.25) is 10.1 Å². The van der Waals surface area contributed by atoms with Crippen molar-refractivity contribution in [3.8, 4) is 11.5 Å². The number of phenols is 2. The summed E-state index contributed by atoms with van der Waals surface area (Å²) in [5.74, 6) is -1.11. The average molecular weight is 417 g/mol. The number of halogens is 1. The fourth-order valence-electron chi connectivity index (χ4n) is 2.61. The minimum Gasteiger partial charge on any atom is -0.508 e. The standard InChI is InChI=1S/C18H9ClN2O6S/c19-15-11-4-2-9(21(25)26)6-14(11)28-16(15)17-20-12(18(24)27-17)5-8-1-3-10(22)7-13(8)23/h1-7,22-23H/b12-5+. The number of aliphatic imine (C=N–C) groups is 1. The highest BCUT2D eigenvalue weighted by Crippen LogP contribution is 2.39. The normalized spacial score (nSPS) is 15.1. The topological polar surface area (TPSA) is 122 Å². The number of rotatable bonds is 3. The predicted molar refractivity (Wildman–Crippen MR) is 104 cm³/mol. The van der Waals surface area contributed by atoms with Gasteiger partial charge in [-0.15, -0.1) is 11.3 Å². The molecule has 0 saturated heterocycles. The van der Waals surface area contributed by atoms with Crippen LogP contribution in [0.3, 0.4) is 0 Å². The number of nitro benzene ring substituents is 1. The van der Waals surface area contributed by atoms with Crippen LogP contribution in [0, 0.1) is 10.1 Å². The minimum atomic E-state index is -0.734. The number of aromatic hydroxyl groups is 2. The first-order valence-corrected chi connectivity index (χ1v) is 8.94. The lowest BCUT2D eigenvalue weighted by atomic mass is 10.1. The number of nitro groups is 1. The molecule has 1 aliphatic heterocycles. The molecule has 2 heterocycles. The second-order valence-electron chi connectivity index (χ2n) is 5.76. The highest BCUT2D eigenvalue weighted by Gasteiger charge is 2.28. The zero-order valence-electron chi connectivity index (χ0n) is 13.7. The molecule has 0 radical (unpaired) electrons. The van der Waals surface area contributed by atoms with Gasteiger partial charge in [-0.25, -0.2) is 9.79 Å². The number of carbonyl (C=O) groups excluding carboxylic acids is 1. The van der Waals surface area contributed by atoms with Gasteiger partial charge in [0.2, 0.25) is 5.90 Å². The lowest BCUT2D eigenvalue weighted by Gasteiger charge is -1.99. The molecule has 0 bridgehead atoms. The van der Waals surface area contributed by atoms with Crippen molar-refractivity contribution >= 4 is 56.7 Å². The molecule has 1 aromatic heterocycles. The van der Waals surface area contributed by atoms with Gasteiger partial charge in [0.05, 0.1) is 9.95 Å². The van der Waals surface area contributed by atoms with Gasteiger partial charge in [0, 0.05) is 33.8 Å². The fraction of sp³-hybridized carbons (Fsp3) is 0. The molecule has 0 unspecified atom stereocenters. The van der Waals surface area contributed by atoms with Crippen LogP contribution in [0.25, 0.3) is 16.2 Å². The molecule has 0 aliphatic carbocycles. The molecule has 10 heteroatoms. The Bertz CT molecular complexity index is 1230. The van der Waals surface area contributed by atoms with E-state index in [1.165, 1.54) is 36.4 Å². The average Bonchev–Trinajstić information content (AvgIpc) is 3.17. The summed E-state index contributed by atoms with van der Waals surface area (Å²) in [6.07, 6.45) is 1.32. The van der Waals surface area contributed by atoms with E-state index < -0.39 is 10.9 Å². The third-order valence-electron chi connectivity index (χ3n) is 3.94. The molecule has 140 valence electrons. The Kier molecular flexibility index (Phi) is 4.25. The summed E-state index contributed by atoms with van der Waals surface area (Å²) in [7, 11) is 0. The molecule has 1 aliphatic rings. The Morgan fingerprint density at radius 3 is 2.71 bits per heavy atom. The maximum Gasteiger partial charge on any atom is 0.363 e. The Balaban J connectivity index is 1.76. The number of ether oxygens (including phenoxy) is 1. The van der Waals surface area contributed by atoms with Crippen LogP contribution < -0.4 is 0 Å². The number of cyclic esters (lactones) is 1. The van der Waals surface area contributed by atoms with E-state index in [0.29, 0.717) is 15.0 Å². The summed E-state index contributed by atoms with van der Waals surface area (Å²) in [4.78, 5) is 27.1. The van der Waals surface area contributed by atoms with Crippen molar-refractivity contribution < 1.29 is 24.7 Å². The van der Waals surface area contributed by atoms with Crippen molar-refractivity contribution in [2.75, 3.05) is 0 Å². The minimum absolute atomic E-state index is 0.0247. The van der Waals surface area contributed by atoms with Crippen LogP contribution in [-0.4, -0.2) is 27.0 Å². The summed E-state index contributed by atoms with van der Waals surface area (Å²) in [5.41, 5.74) is 0.133. The van der Waals surface area contributed by atoms with Crippen molar-refractivity contribution in [3.05, 3.63) is 67.7 Å². The van der Waals surface area contributed by atoms with E-state index in [1.54, 1.807) is 0 Å². The molecule has 4 rings (SSSR count). The quantitative estimate of drug-likeness (QED) is 0.285. The van der Waals surface area contributed by atoms with E-state index >= 15 is 0 Å². The van der Waals surface area contributed by atoms with Crippen molar-refractivity contribution in [1.29, 1.82) is 0 Å². The molecule has 28 heavy (non-hydrogen) atoms. The first-order valence-electron chi connectivity index (χ1n) is 7.75. The zero-order valence-corrected chi connectivity index (χ0v) is 15.3. The third kappa shape index (κ3) is 3.06. The van der Waals surface area contributed by atoms with E-state index in [2.05, 4.69) is 4.99 Å². The molecule has 8 nitrogen and oxygen atoms in total. The first kappa shape index (κ1) is 18.0. The lowest BCUT2D eigenvalue weighted by Crippen LogP contribution is -2.04. The number of nitrogens with zero attached hydrogens (tertiary/aromatic N) is 2. The molecule has 0 saturated carbocycles. The van der Waals surface area contributed by atoms with Gasteiger partial charge in [0.25, 0.3) is 5.69 Å². The van der Waals surface area contributed by atoms with Crippen LogP contribution in [0.1, 0.15) is 10.4 Å². The second-order valence-corrected chi connectivity index (χ2v) is 7.19. The highest BCUT2D eigenvalue weighted by molar-refractivity contribution is 7.21. The highest BCUT2D eigenvalue weighted by atomic mass is 35.5. The van der Waals surface area contributed by atoms with E-state index in [0.717, 1.165) is 17.4 Å². The van der Waals surface area contributed by atoms with Crippen LogP contribution in [0.4, 0.5) is 5.69 Å². The number of hydrogen-bond acceptors (Lipinski definition) is 8. The molecular formula is C18H9ClN2O6S. The monoisotopic (exact) mass is 416 g/mol. The van der Waals surface area contributed by atoms with Gasteiger partial charge < -0.3 is 14.9 Å². The Labute approximate surface area is 165 Å². The lowest BCUT2D eigenvalue weighted by molar-refractivity contribution is -0.384. The third-order valence-corrected chi connectivity index (χ3v) is 5.59. The Morgan fingerprint density at radius 1 is 1.21 bits per heavy atom. The second kappa shape index (κ2) is 6.63. The van der Waals surface area contributed by atoms with Crippen LogP contribution >= 0.6 is 22.9 Å². The number of carbonyl (C=O) groups is 1. The van der Waals surface area contributed by atoms with Crippen molar-refractivity contribution in [1.82, 2.24) is 0 Å². The number of fused-ring (bicyclic) bond motifs is 1. The summed E-state index contributed by atoms with van der Waals surface area (Å²) < 4.78 is 5.74. The Hall–Kier alpha value is -3.43. The number of phenolic OH excluding ortho intramolecular Hbond substituents is 2. The predicted octanol–water partition coefficient (Wildman–Crippen LogP) is 4.22. The van der Waals surface area contributed by atoms with Gasteiger partial charge in [-0.2, -0.15) is 0 Å². The molecule has 2 aromatic carbocycles. The summed E-state index contributed by atoms with van der Waals surface area (Å²) >= 11 is 7.46. The number of hydrogen-bond donors (Lipinski definition) is 2. The maximum atomic E-state index is 12.1. The van der Waals surface area contributed by atoms with Gasteiger partial charge in [-0.1, -0.05) is 11.6 Å². The maximum absolute atomic E-state index is 12.1. The summed E-state index contributed by atoms with van der Waals surface area (Å²) in [5, 5.41) is 31.0. The smallest absolute Gasteiger partial charge is 0.363 e. The number of benzene rings is 2. The van der Waals surface area contributed by atoms with Crippen molar-refractivity contribution in [3.63, 3.8) is 0 Å². The molecule has 3 aromatic rings. The van der Waals surface area contributed by atoms with E-state index in [1.807, 2.05) is 0 Å². The number of thiophene rings is 1. The van der Waals surface area contributed by atoms with Crippen molar-refractivity contribution in [2.45, 2.75) is 0 Å². The van der Waals surface area contributed by atoms with Crippen LogP contribution in [0.15, 0.2) is 47.1 Å². The largest absolute Gasteiger partial charge is 0.508 e.